The molecule has 1 aromatic heterocycles. The molecule has 0 aliphatic heterocycles. The van der Waals surface area contributed by atoms with Gasteiger partial charge in [0, 0.05) is 11.6 Å². The molecule has 0 atom stereocenters. The van der Waals surface area contributed by atoms with E-state index in [4.69, 9.17) is 39.5 Å². The van der Waals surface area contributed by atoms with Crippen molar-refractivity contribution in [1.29, 1.82) is 0 Å². The quantitative estimate of drug-likeness (QED) is 0.411. The molecule has 0 fully saturated rings. The minimum Gasteiger partial charge on any atom is -0.484 e. The summed E-state index contributed by atoms with van der Waals surface area (Å²) in [7, 11) is 0. The fraction of sp³-hybridized carbons (Fsp3) is 0.211. The molecule has 158 valence electrons. The Hall–Kier alpha value is -2.00. The molecule has 0 saturated carbocycles. The predicted molar refractivity (Wildman–Crippen MR) is 117 cm³/mol. The summed E-state index contributed by atoms with van der Waals surface area (Å²) in [6.45, 7) is 2.60. The van der Waals surface area contributed by atoms with Crippen LogP contribution in [0.3, 0.4) is 0 Å². The van der Waals surface area contributed by atoms with Crippen molar-refractivity contribution in [3.8, 4) is 5.75 Å². The Kier molecular flexibility index (Phi) is 7.82. The summed E-state index contributed by atoms with van der Waals surface area (Å²) >= 11 is 19.1. The third kappa shape index (κ3) is 5.78. The van der Waals surface area contributed by atoms with Gasteiger partial charge in [-0.2, -0.15) is 0 Å². The van der Waals surface area contributed by atoms with Gasteiger partial charge in [-0.05, 0) is 43.3 Å². The van der Waals surface area contributed by atoms with Crippen LogP contribution >= 0.6 is 46.6 Å². The average molecular weight is 490 g/mol. The van der Waals surface area contributed by atoms with Gasteiger partial charge in [0.2, 0.25) is 5.91 Å². The molecule has 1 amide bonds. The van der Waals surface area contributed by atoms with Crippen molar-refractivity contribution >= 4 is 58.2 Å². The number of amides is 1. The predicted octanol–water partition coefficient (Wildman–Crippen LogP) is 5.71. The molecule has 0 unspecified atom stereocenters. The number of halogens is 4. The Morgan fingerprint density at radius 1 is 1.17 bits per heavy atom. The first kappa shape index (κ1) is 22.7. The minimum atomic E-state index is -0.444. The highest BCUT2D eigenvalue weighted by molar-refractivity contribution is 7.99. The van der Waals surface area contributed by atoms with Crippen molar-refractivity contribution in [2.24, 2.45) is 0 Å². The van der Waals surface area contributed by atoms with Gasteiger partial charge in [-0.15, -0.1) is 10.2 Å². The van der Waals surface area contributed by atoms with Gasteiger partial charge < -0.3 is 14.6 Å². The molecule has 0 spiro atoms. The van der Waals surface area contributed by atoms with Crippen LogP contribution in [-0.4, -0.2) is 26.4 Å². The number of hydrogen-bond donors (Lipinski definition) is 1. The molecule has 2 aromatic carbocycles. The molecular weight excluding hydrogens is 474 g/mol. The number of carbonyl (C=O) groups is 1. The Morgan fingerprint density at radius 3 is 2.67 bits per heavy atom. The van der Waals surface area contributed by atoms with Gasteiger partial charge >= 0.3 is 0 Å². The lowest BCUT2D eigenvalue weighted by Gasteiger charge is -2.10. The first-order chi connectivity index (χ1) is 14.4. The zero-order chi connectivity index (χ0) is 21.7. The van der Waals surface area contributed by atoms with Crippen LogP contribution in [0.1, 0.15) is 12.7 Å². The summed E-state index contributed by atoms with van der Waals surface area (Å²) in [6.07, 6.45) is 0. The summed E-state index contributed by atoms with van der Waals surface area (Å²) in [4.78, 5) is 12.3. The lowest BCUT2D eigenvalue weighted by molar-refractivity contribution is -0.113. The Morgan fingerprint density at radius 2 is 1.97 bits per heavy atom. The fourth-order valence-electron chi connectivity index (χ4n) is 2.49. The monoisotopic (exact) mass is 488 g/mol. The number of rotatable bonds is 8. The van der Waals surface area contributed by atoms with Crippen LogP contribution in [0.5, 0.6) is 5.75 Å². The molecule has 0 radical (unpaired) electrons. The van der Waals surface area contributed by atoms with Crippen LogP contribution in [0.15, 0.2) is 41.6 Å². The van der Waals surface area contributed by atoms with E-state index in [-0.39, 0.29) is 23.3 Å². The van der Waals surface area contributed by atoms with E-state index < -0.39 is 5.82 Å². The smallest absolute Gasteiger partial charge is 0.234 e. The highest BCUT2D eigenvalue weighted by atomic mass is 35.5. The maximum Gasteiger partial charge on any atom is 0.234 e. The third-order valence-electron chi connectivity index (χ3n) is 3.90. The van der Waals surface area contributed by atoms with Gasteiger partial charge in [0.1, 0.15) is 18.2 Å². The molecule has 0 aliphatic rings. The number of carbonyl (C=O) groups excluding carboxylic acids is 1. The maximum atomic E-state index is 13.1. The molecular formula is C19H16Cl3FN4O2S. The lowest BCUT2D eigenvalue weighted by atomic mass is 10.3. The average Bonchev–Trinajstić information content (AvgIpc) is 3.09. The summed E-state index contributed by atoms with van der Waals surface area (Å²) < 4.78 is 20.6. The van der Waals surface area contributed by atoms with Crippen molar-refractivity contribution < 1.29 is 13.9 Å². The highest BCUT2D eigenvalue weighted by Crippen LogP contribution is 2.27. The number of hydrogen-bond acceptors (Lipinski definition) is 5. The molecule has 6 nitrogen and oxygen atoms in total. The number of nitrogens with one attached hydrogen (secondary N) is 1. The molecule has 3 aromatic rings. The zero-order valence-electron chi connectivity index (χ0n) is 15.7. The van der Waals surface area contributed by atoms with Gasteiger partial charge in [0.05, 0.1) is 21.5 Å². The van der Waals surface area contributed by atoms with Gasteiger partial charge in [-0.25, -0.2) is 4.39 Å². The number of anilines is 1. The van der Waals surface area contributed by atoms with E-state index in [1.807, 2.05) is 11.5 Å². The SMILES string of the molecule is CCn1c(COc2ccc(F)cc2Cl)nnc1SCC(=O)Nc1ccc(Cl)cc1Cl. The van der Waals surface area contributed by atoms with Crippen molar-refractivity contribution in [3.05, 3.63) is 63.1 Å². The van der Waals surface area contributed by atoms with Gasteiger partial charge in [0.15, 0.2) is 11.0 Å². The van der Waals surface area contributed by atoms with Crippen molar-refractivity contribution in [1.82, 2.24) is 14.8 Å². The number of nitrogens with zero attached hydrogens (tertiary/aromatic N) is 3. The van der Waals surface area contributed by atoms with Gasteiger partial charge in [0.25, 0.3) is 0 Å². The first-order valence-corrected chi connectivity index (χ1v) is 10.9. The minimum absolute atomic E-state index is 0.0966. The summed E-state index contributed by atoms with van der Waals surface area (Å²) in [5.74, 6) is 0.326. The Bertz CT molecular complexity index is 1060. The third-order valence-corrected chi connectivity index (χ3v) is 5.71. The van der Waals surface area contributed by atoms with Crippen molar-refractivity contribution in [2.75, 3.05) is 11.1 Å². The lowest BCUT2D eigenvalue weighted by Crippen LogP contribution is -2.15. The van der Waals surface area contributed by atoms with E-state index in [1.165, 1.54) is 30.0 Å². The number of aromatic nitrogens is 3. The molecule has 1 N–H and O–H groups in total. The second-order valence-electron chi connectivity index (χ2n) is 5.97. The summed E-state index contributed by atoms with van der Waals surface area (Å²) in [5.41, 5.74) is 0.480. The van der Waals surface area contributed by atoms with Gasteiger partial charge in [-0.3, -0.25) is 4.79 Å². The second kappa shape index (κ2) is 10.3. The van der Waals surface area contributed by atoms with Crippen LogP contribution in [-0.2, 0) is 17.9 Å². The number of ether oxygens (including phenoxy) is 1. The Balaban J connectivity index is 1.60. The molecule has 0 bridgehead atoms. The van der Waals surface area contributed by atoms with Crippen molar-refractivity contribution in [2.45, 2.75) is 25.2 Å². The van der Waals surface area contributed by atoms with E-state index in [0.717, 1.165) is 0 Å². The number of benzene rings is 2. The van der Waals surface area contributed by atoms with E-state index in [0.29, 0.717) is 39.0 Å². The summed E-state index contributed by atoms with van der Waals surface area (Å²) in [6, 6.07) is 8.72. The largest absolute Gasteiger partial charge is 0.484 e. The normalized spacial score (nSPS) is 10.8. The molecule has 11 heteroatoms. The maximum absolute atomic E-state index is 13.1. The Labute approximate surface area is 191 Å². The van der Waals surface area contributed by atoms with E-state index in [9.17, 15) is 9.18 Å². The van der Waals surface area contributed by atoms with Crippen LogP contribution in [0.25, 0.3) is 0 Å². The van der Waals surface area contributed by atoms with E-state index in [1.54, 1.807) is 18.2 Å². The van der Waals surface area contributed by atoms with Crippen molar-refractivity contribution in [3.63, 3.8) is 0 Å². The standard InChI is InChI=1S/C19H16Cl3FN4O2S/c1-2-27-17(9-29-16-6-4-12(23)8-14(16)22)25-26-19(27)30-10-18(28)24-15-5-3-11(20)7-13(15)21/h3-8H,2,9-10H2,1H3,(H,24,28). The molecule has 0 saturated heterocycles. The summed E-state index contributed by atoms with van der Waals surface area (Å²) in [5, 5.41) is 12.6. The molecule has 0 aliphatic carbocycles. The van der Waals surface area contributed by atoms with Gasteiger partial charge in [-0.1, -0.05) is 46.6 Å². The number of thioether (sulfide) groups is 1. The van der Waals surface area contributed by atoms with Crippen LogP contribution in [0.4, 0.5) is 10.1 Å². The van der Waals surface area contributed by atoms with Crippen LogP contribution < -0.4 is 10.1 Å². The molecule has 3 rings (SSSR count). The van der Waals surface area contributed by atoms with Crippen LogP contribution in [0.2, 0.25) is 15.1 Å². The molecule has 30 heavy (non-hydrogen) atoms. The zero-order valence-corrected chi connectivity index (χ0v) is 18.7. The van der Waals surface area contributed by atoms with E-state index >= 15 is 0 Å². The highest BCUT2D eigenvalue weighted by Gasteiger charge is 2.15. The first-order valence-electron chi connectivity index (χ1n) is 8.75. The van der Waals surface area contributed by atoms with E-state index in [2.05, 4.69) is 15.5 Å². The fourth-order valence-corrected chi connectivity index (χ4v) is 3.99. The topological polar surface area (TPSA) is 69.0 Å². The second-order valence-corrected chi connectivity index (χ2v) is 8.16. The molecule has 1 heterocycles. The van der Waals surface area contributed by atoms with Crippen LogP contribution in [0, 0.1) is 5.82 Å².